The zero-order chi connectivity index (χ0) is 24.6. The molecule has 1 aliphatic rings. The average molecular weight is 491 g/mol. The van der Waals surface area contributed by atoms with Gasteiger partial charge in [-0.1, -0.05) is 19.3 Å². The van der Waals surface area contributed by atoms with E-state index < -0.39 is 10.0 Å². The number of ether oxygens (including phenoxy) is 3. The Morgan fingerprint density at radius 3 is 1.97 bits per heavy atom. The highest BCUT2D eigenvalue weighted by Crippen LogP contribution is 2.39. The van der Waals surface area contributed by atoms with Gasteiger partial charge < -0.3 is 19.5 Å². The van der Waals surface area contributed by atoms with E-state index in [1.165, 1.54) is 12.1 Å². The minimum atomic E-state index is -3.60. The topological polar surface area (TPSA) is 103 Å². The Labute approximate surface area is 202 Å². The molecule has 1 aliphatic carbocycles. The van der Waals surface area contributed by atoms with E-state index in [2.05, 4.69) is 10.0 Å². The van der Waals surface area contributed by atoms with Crippen LogP contribution in [-0.2, 0) is 10.0 Å². The highest BCUT2D eigenvalue weighted by atomic mass is 32.2. The second-order valence-corrected chi connectivity index (χ2v) is 9.75. The Morgan fingerprint density at radius 2 is 1.44 bits per heavy atom. The van der Waals surface area contributed by atoms with Gasteiger partial charge in [-0.05, 0) is 70.0 Å². The van der Waals surface area contributed by atoms with Crippen LogP contribution in [-0.4, -0.2) is 40.2 Å². The van der Waals surface area contributed by atoms with E-state index in [0.29, 0.717) is 48.3 Å². The van der Waals surface area contributed by atoms with Gasteiger partial charge in [0.25, 0.3) is 5.91 Å². The molecule has 0 unspecified atom stereocenters. The van der Waals surface area contributed by atoms with Crippen molar-refractivity contribution < 1.29 is 27.4 Å². The van der Waals surface area contributed by atoms with Gasteiger partial charge in [-0.3, -0.25) is 4.79 Å². The zero-order valence-corrected chi connectivity index (χ0v) is 20.9. The van der Waals surface area contributed by atoms with Crippen LogP contribution in [0, 0.1) is 0 Å². The molecule has 0 bridgehead atoms. The lowest BCUT2D eigenvalue weighted by molar-refractivity contribution is 0.102. The highest BCUT2D eigenvalue weighted by molar-refractivity contribution is 7.89. The maximum absolute atomic E-state index is 12.9. The number of benzene rings is 2. The molecule has 1 saturated carbocycles. The molecule has 8 nitrogen and oxygen atoms in total. The van der Waals surface area contributed by atoms with Crippen molar-refractivity contribution in [2.24, 2.45) is 0 Å². The Balaban J connectivity index is 1.76. The number of carbonyl (C=O) groups excluding carboxylic acids is 1. The molecule has 1 fully saturated rings. The van der Waals surface area contributed by atoms with E-state index in [1.54, 1.807) is 24.3 Å². The molecule has 0 spiro atoms. The van der Waals surface area contributed by atoms with Crippen LogP contribution >= 0.6 is 0 Å². The molecule has 0 heterocycles. The average Bonchev–Trinajstić information content (AvgIpc) is 2.82. The van der Waals surface area contributed by atoms with Gasteiger partial charge in [0.05, 0.1) is 24.7 Å². The fourth-order valence-electron chi connectivity index (χ4n) is 3.95. The number of rotatable bonds is 11. The molecule has 0 aliphatic heterocycles. The molecular formula is C25H34N2O6S. The number of sulfonamides is 1. The summed E-state index contributed by atoms with van der Waals surface area (Å²) < 4.78 is 45.2. The molecule has 9 heteroatoms. The maximum Gasteiger partial charge on any atom is 0.255 e. The summed E-state index contributed by atoms with van der Waals surface area (Å²) in [6, 6.07) is 9.35. The molecule has 0 atom stereocenters. The summed E-state index contributed by atoms with van der Waals surface area (Å²) in [6.45, 7) is 6.79. The first-order valence-corrected chi connectivity index (χ1v) is 13.4. The number of anilines is 1. The molecule has 2 N–H and O–H groups in total. The van der Waals surface area contributed by atoms with E-state index in [9.17, 15) is 13.2 Å². The predicted octanol–water partition coefficient (Wildman–Crippen LogP) is 4.75. The van der Waals surface area contributed by atoms with Gasteiger partial charge in [0.1, 0.15) is 0 Å². The lowest BCUT2D eigenvalue weighted by Crippen LogP contribution is -2.36. The molecule has 2 aromatic carbocycles. The molecule has 0 aromatic heterocycles. The van der Waals surface area contributed by atoms with Crippen molar-refractivity contribution in [2.45, 2.75) is 63.8 Å². The third-order valence-electron chi connectivity index (χ3n) is 5.52. The van der Waals surface area contributed by atoms with Crippen molar-refractivity contribution >= 4 is 21.6 Å². The lowest BCUT2D eigenvalue weighted by Gasteiger charge is -2.22. The molecule has 34 heavy (non-hydrogen) atoms. The van der Waals surface area contributed by atoms with Crippen molar-refractivity contribution in [1.29, 1.82) is 0 Å². The summed E-state index contributed by atoms with van der Waals surface area (Å²) in [7, 11) is -3.60. The van der Waals surface area contributed by atoms with Crippen molar-refractivity contribution in [3.8, 4) is 17.2 Å². The third-order valence-corrected chi connectivity index (χ3v) is 7.06. The van der Waals surface area contributed by atoms with Crippen molar-refractivity contribution in [1.82, 2.24) is 4.72 Å². The Bertz CT molecular complexity index is 1040. The van der Waals surface area contributed by atoms with Crippen LogP contribution in [0.1, 0.15) is 63.2 Å². The quantitative estimate of drug-likeness (QED) is 0.471. The van der Waals surface area contributed by atoms with E-state index >= 15 is 0 Å². The van der Waals surface area contributed by atoms with Gasteiger partial charge in [0.2, 0.25) is 15.8 Å². The van der Waals surface area contributed by atoms with Crippen LogP contribution in [0.15, 0.2) is 41.3 Å². The minimum absolute atomic E-state index is 0.0168. The number of carbonyl (C=O) groups is 1. The Kier molecular flexibility index (Phi) is 9.18. The van der Waals surface area contributed by atoms with Gasteiger partial charge >= 0.3 is 0 Å². The summed E-state index contributed by atoms with van der Waals surface area (Å²) in [4.78, 5) is 13.1. The van der Waals surface area contributed by atoms with Gasteiger partial charge in [-0.25, -0.2) is 13.1 Å². The third kappa shape index (κ3) is 6.64. The van der Waals surface area contributed by atoms with Crippen molar-refractivity contribution in [3.63, 3.8) is 0 Å². The summed E-state index contributed by atoms with van der Waals surface area (Å²) in [5.74, 6) is 0.940. The first kappa shape index (κ1) is 25.8. The first-order valence-electron chi connectivity index (χ1n) is 11.9. The van der Waals surface area contributed by atoms with E-state index in [-0.39, 0.29) is 16.8 Å². The van der Waals surface area contributed by atoms with E-state index in [0.717, 1.165) is 32.1 Å². The van der Waals surface area contributed by atoms with Gasteiger partial charge in [-0.2, -0.15) is 0 Å². The summed E-state index contributed by atoms with van der Waals surface area (Å²) >= 11 is 0. The van der Waals surface area contributed by atoms with Crippen molar-refractivity contribution in [2.75, 3.05) is 25.1 Å². The van der Waals surface area contributed by atoms with Gasteiger partial charge in [0, 0.05) is 17.3 Å². The van der Waals surface area contributed by atoms with Crippen LogP contribution < -0.4 is 24.2 Å². The lowest BCUT2D eigenvalue weighted by atomic mass is 9.96. The standard InChI is InChI=1S/C25H34N2O6S/c1-4-31-22-16-18(17-23(32-5-2)24(22)33-6-3)25(28)26-19-12-14-21(15-13-19)34(29,30)27-20-10-8-7-9-11-20/h12-17,20,27H,4-11H2,1-3H3,(H,26,28). The number of hydrogen-bond donors (Lipinski definition) is 2. The molecule has 186 valence electrons. The van der Waals surface area contributed by atoms with E-state index in [4.69, 9.17) is 14.2 Å². The highest BCUT2D eigenvalue weighted by Gasteiger charge is 2.22. The molecule has 1 amide bonds. The van der Waals surface area contributed by atoms with Crippen LogP contribution in [0.25, 0.3) is 0 Å². The van der Waals surface area contributed by atoms with Crippen LogP contribution in [0.4, 0.5) is 5.69 Å². The molecular weight excluding hydrogens is 456 g/mol. The number of nitrogens with one attached hydrogen (secondary N) is 2. The SMILES string of the molecule is CCOc1cc(C(=O)Nc2ccc(S(=O)(=O)NC3CCCCC3)cc2)cc(OCC)c1OCC. The number of hydrogen-bond acceptors (Lipinski definition) is 6. The molecule has 0 radical (unpaired) electrons. The summed E-state index contributed by atoms with van der Waals surface area (Å²) in [5.41, 5.74) is 0.817. The molecule has 2 aromatic rings. The monoisotopic (exact) mass is 490 g/mol. The van der Waals surface area contributed by atoms with Crippen LogP contribution in [0.2, 0.25) is 0 Å². The van der Waals surface area contributed by atoms with Gasteiger partial charge in [-0.15, -0.1) is 0 Å². The largest absolute Gasteiger partial charge is 0.490 e. The smallest absolute Gasteiger partial charge is 0.255 e. The Morgan fingerprint density at radius 1 is 0.882 bits per heavy atom. The zero-order valence-electron chi connectivity index (χ0n) is 20.1. The summed E-state index contributed by atoms with van der Waals surface area (Å²) in [6.07, 6.45) is 4.96. The van der Waals surface area contributed by atoms with Crippen LogP contribution in [0.3, 0.4) is 0 Å². The first-order chi connectivity index (χ1) is 16.4. The summed E-state index contributed by atoms with van der Waals surface area (Å²) in [5, 5.41) is 2.80. The van der Waals surface area contributed by atoms with Crippen molar-refractivity contribution in [3.05, 3.63) is 42.0 Å². The van der Waals surface area contributed by atoms with Crippen LogP contribution in [0.5, 0.6) is 17.2 Å². The fourth-order valence-corrected chi connectivity index (χ4v) is 5.25. The van der Waals surface area contributed by atoms with Gasteiger partial charge in [0.15, 0.2) is 11.5 Å². The molecule has 3 rings (SSSR count). The fraction of sp³-hybridized carbons (Fsp3) is 0.480. The Hall–Kier alpha value is -2.78. The predicted molar refractivity (Wildman–Crippen MR) is 132 cm³/mol. The second-order valence-electron chi connectivity index (χ2n) is 8.04. The maximum atomic E-state index is 12.9. The minimum Gasteiger partial charge on any atom is -0.490 e. The second kappa shape index (κ2) is 12.1. The molecule has 0 saturated heterocycles. The normalized spacial score (nSPS) is 14.4. The number of amides is 1. The van der Waals surface area contributed by atoms with E-state index in [1.807, 2.05) is 20.8 Å².